The van der Waals surface area contributed by atoms with Gasteiger partial charge in [0.1, 0.15) is 5.82 Å². The van der Waals surface area contributed by atoms with Crippen molar-refractivity contribution in [2.45, 2.75) is 13.8 Å². The average molecular weight is 242 g/mol. The summed E-state index contributed by atoms with van der Waals surface area (Å²) in [6.07, 6.45) is 2.02. The van der Waals surface area contributed by atoms with Crippen LogP contribution >= 0.6 is 11.6 Å². The summed E-state index contributed by atoms with van der Waals surface area (Å²) < 4.78 is 12.9. The first-order valence-corrected chi connectivity index (χ1v) is 5.72. The summed E-state index contributed by atoms with van der Waals surface area (Å²) in [7, 11) is 1.91. The van der Waals surface area contributed by atoms with Gasteiger partial charge in [-0.3, -0.25) is 0 Å². The molecule has 0 fully saturated rings. The zero-order valence-corrected chi connectivity index (χ0v) is 10.6. The van der Waals surface area contributed by atoms with Gasteiger partial charge in [-0.1, -0.05) is 43.2 Å². The fourth-order valence-corrected chi connectivity index (χ4v) is 1.67. The summed E-state index contributed by atoms with van der Waals surface area (Å²) in [5, 5.41) is 3.57. The fraction of sp³-hybridized carbons (Fsp3) is 0.385. The van der Waals surface area contributed by atoms with Crippen LogP contribution in [0.5, 0.6) is 0 Å². The van der Waals surface area contributed by atoms with Crippen LogP contribution in [0, 0.1) is 11.7 Å². The second-order valence-corrected chi connectivity index (χ2v) is 4.48. The van der Waals surface area contributed by atoms with Gasteiger partial charge in [-0.05, 0) is 30.7 Å². The molecule has 0 saturated heterocycles. The maximum Gasteiger partial charge on any atom is 0.124 e. The molecule has 16 heavy (non-hydrogen) atoms. The van der Waals surface area contributed by atoms with Crippen molar-refractivity contribution in [3.63, 3.8) is 0 Å². The van der Waals surface area contributed by atoms with Gasteiger partial charge in [-0.2, -0.15) is 0 Å². The van der Waals surface area contributed by atoms with Gasteiger partial charge in [-0.15, -0.1) is 0 Å². The first kappa shape index (κ1) is 13.2. The Morgan fingerprint density at radius 3 is 2.69 bits per heavy atom. The Morgan fingerprint density at radius 1 is 1.50 bits per heavy atom. The molecule has 0 heterocycles. The summed E-state index contributed by atoms with van der Waals surface area (Å²) in [5.74, 6) is 0.135. The SMILES string of the molecule is CNC/C(=C/c1ccc(F)cc1Cl)C(C)C. The Kier molecular flexibility index (Phi) is 4.97. The molecule has 0 saturated carbocycles. The van der Waals surface area contributed by atoms with E-state index >= 15 is 0 Å². The van der Waals surface area contributed by atoms with Crippen LogP contribution in [0.4, 0.5) is 4.39 Å². The van der Waals surface area contributed by atoms with Gasteiger partial charge in [0.25, 0.3) is 0 Å². The average Bonchev–Trinajstić information content (AvgIpc) is 2.20. The molecule has 0 atom stereocenters. The molecule has 0 aliphatic rings. The van der Waals surface area contributed by atoms with E-state index in [1.54, 1.807) is 6.07 Å². The van der Waals surface area contributed by atoms with Crippen LogP contribution in [0.3, 0.4) is 0 Å². The van der Waals surface area contributed by atoms with Crippen molar-refractivity contribution < 1.29 is 4.39 Å². The highest BCUT2D eigenvalue weighted by molar-refractivity contribution is 6.32. The number of nitrogens with one attached hydrogen (secondary N) is 1. The van der Waals surface area contributed by atoms with Crippen LogP contribution in [0.25, 0.3) is 6.08 Å². The molecule has 0 aliphatic carbocycles. The minimum atomic E-state index is -0.304. The third-order valence-electron chi connectivity index (χ3n) is 2.43. The quantitative estimate of drug-likeness (QED) is 0.847. The van der Waals surface area contributed by atoms with E-state index in [4.69, 9.17) is 11.6 Å². The molecular weight excluding hydrogens is 225 g/mol. The van der Waals surface area contributed by atoms with E-state index in [0.29, 0.717) is 10.9 Å². The van der Waals surface area contributed by atoms with Crippen LogP contribution in [0.2, 0.25) is 5.02 Å². The van der Waals surface area contributed by atoms with E-state index in [-0.39, 0.29) is 5.82 Å². The van der Waals surface area contributed by atoms with Crippen molar-refractivity contribution in [1.82, 2.24) is 5.32 Å². The number of benzene rings is 1. The largest absolute Gasteiger partial charge is 0.316 e. The third-order valence-corrected chi connectivity index (χ3v) is 2.75. The van der Waals surface area contributed by atoms with Crippen LogP contribution in [-0.2, 0) is 0 Å². The van der Waals surface area contributed by atoms with Crippen LogP contribution in [0.1, 0.15) is 19.4 Å². The Labute approximate surface area is 101 Å². The maximum atomic E-state index is 12.9. The predicted molar refractivity (Wildman–Crippen MR) is 68.2 cm³/mol. The lowest BCUT2D eigenvalue weighted by Gasteiger charge is -2.11. The molecule has 88 valence electrons. The van der Waals surface area contributed by atoms with Gasteiger partial charge in [-0.25, -0.2) is 4.39 Å². The molecule has 0 amide bonds. The van der Waals surface area contributed by atoms with Crippen LogP contribution in [-0.4, -0.2) is 13.6 Å². The Morgan fingerprint density at radius 2 is 2.19 bits per heavy atom. The Balaban J connectivity index is 3.02. The van der Waals surface area contributed by atoms with Crippen molar-refractivity contribution in [3.05, 3.63) is 40.2 Å². The van der Waals surface area contributed by atoms with Crippen molar-refractivity contribution in [2.24, 2.45) is 5.92 Å². The second-order valence-electron chi connectivity index (χ2n) is 4.07. The molecular formula is C13H17ClFN. The van der Waals surface area contributed by atoms with Gasteiger partial charge in [0, 0.05) is 6.54 Å². The normalized spacial score (nSPS) is 12.2. The van der Waals surface area contributed by atoms with Gasteiger partial charge in [0.05, 0.1) is 5.02 Å². The Bertz CT molecular complexity index is 386. The molecule has 0 unspecified atom stereocenters. The van der Waals surface area contributed by atoms with Gasteiger partial charge >= 0.3 is 0 Å². The van der Waals surface area contributed by atoms with Crippen molar-refractivity contribution >= 4 is 17.7 Å². The highest BCUT2D eigenvalue weighted by Crippen LogP contribution is 2.22. The summed E-state index contributed by atoms with van der Waals surface area (Å²) in [5.41, 5.74) is 2.11. The van der Waals surface area contributed by atoms with Crippen molar-refractivity contribution in [3.8, 4) is 0 Å². The van der Waals surface area contributed by atoms with E-state index in [0.717, 1.165) is 12.1 Å². The van der Waals surface area contributed by atoms with Gasteiger partial charge in [0.2, 0.25) is 0 Å². The fourth-order valence-electron chi connectivity index (χ4n) is 1.44. The van der Waals surface area contributed by atoms with E-state index in [9.17, 15) is 4.39 Å². The number of likely N-dealkylation sites (N-methyl/N-ethyl adjacent to an activating group) is 1. The smallest absolute Gasteiger partial charge is 0.124 e. The van der Waals surface area contributed by atoms with Crippen LogP contribution in [0.15, 0.2) is 23.8 Å². The molecule has 0 bridgehead atoms. The highest BCUT2D eigenvalue weighted by Gasteiger charge is 2.05. The molecule has 0 aromatic heterocycles. The standard InChI is InChI=1S/C13H17ClFN/c1-9(2)11(8-16-3)6-10-4-5-12(15)7-13(10)14/h4-7,9,16H,8H2,1-3H3/b11-6-. The molecule has 1 nitrogen and oxygen atoms in total. The molecule has 0 radical (unpaired) electrons. The zero-order valence-electron chi connectivity index (χ0n) is 9.85. The van der Waals surface area contributed by atoms with E-state index in [2.05, 4.69) is 19.2 Å². The number of halogens is 2. The Hall–Kier alpha value is -0.860. The molecule has 0 aliphatic heterocycles. The lowest BCUT2D eigenvalue weighted by atomic mass is 10.0. The summed E-state index contributed by atoms with van der Waals surface area (Å²) in [6, 6.07) is 4.47. The molecule has 1 rings (SSSR count). The molecule has 1 aromatic rings. The summed E-state index contributed by atoms with van der Waals surface area (Å²) in [6.45, 7) is 5.06. The van der Waals surface area contributed by atoms with Gasteiger partial charge < -0.3 is 5.32 Å². The lowest BCUT2D eigenvalue weighted by Crippen LogP contribution is -2.13. The molecule has 0 spiro atoms. The van der Waals surface area contributed by atoms with Crippen molar-refractivity contribution in [1.29, 1.82) is 0 Å². The van der Waals surface area contributed by atoms with E-state index in [1.807, 2.05) is 13.1 Å². The zero-order chi connectivity index (χ0) is 12.1. The molecule has 1 N–H and O–H groups in total. The molecule has 1 aromatic carbocycles. The van der Waals surface area contributed by atoms with E-state index in [1.165, 1.54) is 17.7 Å². The minimum absolute atomic E-state index is 0.304. The predicted octanol–water partition coefficient (Wildman–Crippen LogP) is 3.74. The monoisotopic (exact) mass is 241 g/mol. The number of hydrogen-bond donors (Lipinski definition) is 1. The summed E-state index contributed by atoms with van der Waals surface area (Å²) >= 11 is 5.97. The first-order chi connectivity index (χ1) is 7.54. The highest BCUT2D eigenvalue weighted by atomic mass is 35.5. The number of hydrogen-bond acceptors (Lipinski definition) is 1. The second kappa shape index (κ2) is 6.02. The van der Waals surface area contributed by atoms with Gasteiger partial charge in [0.15, 0.2) is 0 Å². The lowest BCUT2D eigenvalue weighted by molar-refractivity contribution is 0.628. The maximum absolute atomic E-state index is 12.9. The van der Waals surface area contributed by atoms with Crippen molar-refractivity contribution in [2.75, 3.05) is 13.6 Å². The summed E-state index contributed by atoms with van der Waals surface area (Å²) in [4.78, 5) is 0. The first-order valence-electron chi connectivity index (χ1n) is 5.34. The van der Waals surface area contributed by atoms with E-state index < -0.39 is 0 Å². The minimum Gasteiger partial charge on any atom is -0.316 e. The van der Waals surface area contributed by atoms with Crippen LogP contribution < -0.4 is 5.32 Å². The third kappa shape index (κ3) is 3.62. The molecule has 3 heteroatoms. The number of rotatable bonds is 4. The topological polar surface area (TPSA) is 12.0 Å².